The quantitative estimate of drug-likeness (QED) is 0.336. The average molecular weight is 465 g/mol. The van der Waals surface area contributed by atoms with Gasteiger partial charge in [-0.15, -0.1) is 0 Å². The van der Waals surface area contributed by atoms with Gasteiger partial charge >= 0.3 is 0 Å². The molecule has 4 rings (SSSR count). The van der Waals surface area contributed by atoms with Crippen LogP contribution >= 0.6 is 24.0 Å². The highest BCUT2D eigenvalue weighted by Crippen LogP contribution is 2.37. The van der Waals surface area contributed by atoms with Crippen molar-refractivity contribution >= 4 is 51.7 Å². The van der Waals surface area contributed by atoms with Crippen molar-refractivity contribution < 1.29 is 13.9 Å². The minimum Gasteiger partial charge on any atom is -0.488 e. The number of amides is 1. The molecule has 1 aliphatic rings. The molecule has 0 aromatic heterocycles. The van der Waals surface area contributed by atoms with Crippen molar-refractivity contribution in [3.8, 4) is 5.75 Å². The zero-order valence-electron chi connectivity index (χ0n) is 17.6. The Morgan fingerprint density at radius 1 is 1.03 bits per heavy atom. The van der Waals surface area contributed by atoms with E-state index in [1.54, 1.807) is 30.3 Å². The molecule has 0 spiro atoms. The van der Waals surface area contributed by atoms with Crippen LogP contribution in [0.25, 0.3) is 6.08 Å². The molecular weight excluding hydrogens is 443 g/mol. The van der Waals surface area contributed by atoms with Crippen molar-refractivity contribution in [3.05, 3.63) is 94.6 Å². The molecule has 0 saturated carbocycles. The van der Waals surface area contributed by atoms with E-state index in [4.69, 9.17) is 17.0 Å². The minimum absolute atomic E-state index is 0.0940. The molecule has 0 bridgehead atoms. The summed E-state index contributed by atoms with van der Waals surface area (Å²) in [6.45, 7) is 0.0940. The zero-order valence-corrected chi connectivity index (χ0v) is 19.3. The maximum Gasteiger partial charge on any atom is 0.270 e. The first-order valence-corrected chi connectivity index (χ1v) is 11.2. The molecule has 0 aliphatic carbocycles. The fourth-order valence-corrected chi connectivity index (χ4v) is 4.52. The number of halogens is 1. The lowest BCUT2D eigenvalue weighted by atomic mass is 10.1. The highest BCUT2D eigenvalue weighted by Gasteiger charge is 2.33. The third-order valence-electron chi connectivity index (χ3n) is 4.96. The van der Waals surface area contributed by atoms with E-state index in [-0.39, 0.29) is 18.3 Å². The van der Waals surface area contributed by atoms with E-state index >= 15 is 0 Å². The number of hydrogen-bond donors (Lipinski definition) is 0. The van der Waals surface area contributed by atoms with E-state index in [1.807, 2.05) is 61.5 Å². The van der Waals surface area contributed by atoms with Gasteiger partial charge in [0, 0.05) is 30.9 Å². The second kappa shape index (κ2) is 9.54. The number of para-hydroxylation sites is 1. The number of ether oxygens (including phenoxy) is 1. The Balaban J connectivity index is 1.56. The lowest BCUT2D eigenvalue weighted by Gasteiger charge is -2.17. The van der Waals surface area contributed by atoms with Crippen LogP contribution in [0.3, 0.4) is 0 Å². The normalized spacial score (nSPS) is 14.8. The Morgan fingerprint density at radius 2 is 1.72 bits per heavy atom. The van der Waals surface area contributed by atoms with Crippen molar-refractivity contribution in [2.45, 2.75) is 6.61 Å². The van der Waals surface area contributed by atoms with Gasteiger partial charge in [-0.1, -0.05) is 60.4 Å². The molecule has 7 heteroatoms. The van der Waals surface area contributed by atoms with Crippen LogP contribution in [0, 0.1) is 5.82 Å². The highest BCUT2D eigenvalue weighted by atomic mass is 32.2. The number of benzene rings is 3. The lowest BCUT2D eigenvalue weighted by molar-refractivity contribution is -0.113. The number of carbonyl (C=O) groups excluding carboxylic acids is 1. The largest absolute Gasteiger partial charge is 0.488 e. The van der Waals surface area contributed by atoms with Gasteiger partial charge < -0.3 is 9.64 Å². The standard InChI is InChI=1S/C25H21FN2O2S2/c1-27(2)19-11-13-20(14-12-19)28-24(29)23(32-25(28)31)15-17-7-4-6-10-22(17)30-16-18-8-3-5-9-21(18)26/h3-15H,16H2,1-2H3/b23-15+. The van der Waals surface area contributed by atoms with Gasteiger partial charge in [0.2, 0.25) is 0 Å². The zero-order chi connectivity index (χ0) is 22.7. The van der Waals surface area contributed by atoms with Gasteiger partial charge in [0.05, 0.1) is 10.6 Å². The Morgan fingerprint density at radius 3 is 2.44 bits per heavy atom. The van der Waals surface area contributed by atoms with E-state index < -0.39 is 0 Å². The van der Waals surface area contributed by atoms with E-state index in [9.17, 15) is 9.18 Å². The maximum atomic E-state index is 13.9. The molecule has 0 atom stereocenters. The molecule has 1 aliphatic heterocycles. The van der Waals surface area contributed by atoms with Crippen molar-refractivity contribution in [1.82, 2.24) is 0 Å². The molecule has 3 aromatic carbocycles. The molecule has 0 N–H and O–H groups in total. The maximum absolute atomic E-state index is 13.9. The van der Waals surface area contributed by atoms with Gasteiger partial charge in [-0.3, -0.25) is 9.69 Å². The molecule has 0 unspecified atom stereocenters. The second-order valence-electron chi connectivity index (χ2n) is 7.35. The van der Waals surface area contributed by atoms with Crippen molar-refractivity contribution in [2.75, 3.05) is 23.9 Å². The Bertz CT molecular complexity index is 1190. The number of thiocarbonyl (C=S) groups is 1. The molecule has 4 nitrogen and oxygen atoms in total. The number of carbonyl (C=O) groups is 1. The second-order valence-corrected chi connectivity index (χ2v) is 9.02. The molecule has 1 amide bonds. The molecule has 162 valence electrons. The summed E-state index contributed by atoms with van der Waals surface area (Å²) in [6.07, 6.45) is 1.77. The van der Waals surface area contributed by atoms with Gasteiger partial charge in [-0.05, 0) is 42.5 Å². The fourth-order valence-electron chi connectivity index (χ4n) is 3.23. The van der Waals surface area contributed by atoms with Gasteiger partial charge in [0.25, 0.3) is 5.91 Å². The van der Waals surface area contributed by atoms with Crippen LogP contribution < -0.4 is 14.5 Å². The molecule has 3 aromatic rings. The highest BCUT2D eigenvalue weighted by molar-refractivity contribution is 8.27. The Hall–Kier alpha value is -3.16. The predicted molar refractivity (Wildman–Crippen MR) is 134 cm³/mol. The van der Waals surface area contributed by atoms with Gasteiger partial charge in [0.15, 0.2) is 4.32 Å². The van der Waals surface area contributed by atoms with E-state index in [0.29, 0.717) is 20.5 Å². The van der Waals surface area contributed by atoms with Crippen LogP contribution in [0.4, 0.5) is 15.8 Å². The molecule has 1 heterocycles. The molecular formula is C25H21FN2O2S2. The number of hydrogen-bond acceptors (Lipinski definition) is 5. The van der Waals surface area contributed by atoms with Crippen molar-refractivity contribution in [2.24, 2.45) is 0 Å². The van der Waals surface area contributed by atoms with Gasteiger partial charge in [-0.2, -0.15) is 0 Å². The molecule has 0 radical (unpaired) electrons. The van der Waals surface area contributed by atoms with E-state index in [1.165, 1.54) is 22.7 Å². The van der Waals surface area contributed by atoms with Crippen LogP contribution in [0.1, 0.15) is 11.1 Å². The smallest absolute Gasteiger partial charge is 0.270 e. The number of rotatable bonds is 6. The number of thioether (sulfide) groups is 1. The van der Waals surface area contributed by atoms with Crippen molar-refractivity contribution in [1.29, 1.82) is 0 Å². The topological polar surface area (TPSA) is 32.8 Å². The Labute approximate surface area is 196 Å². The average Bonchev–Trinajstić information content (AvgIpc) is 3.07. The van der Waals surface area contributed by atoms with Crippen molar-refractivity contribution in [3.63, 3.8) is 0 Å². The third-order valence-corrected chi connectivity index (χ3v) is 6.27. The van der Waals surface area contributed by atoms with Gasteiger partial charge in [-0.25, -0.2) is 4.39 Å². The summed E-state index contributed by atoms with van der Waals surface area (Å²) in [5.41, 5.74) is 2.96. The minimum atomic E-state index is -0.314. The summed E-state index contributed by atoms with van der Waals surface area (Å²) >= 11 is 6.73. The number of nitrogens with zero attached hydrogens (tertiary/aromatic N) is 2. The first kappa shape index (κ1) is 22.0. The summed E-state index contributed by atoms with van der Waals surface area (Å²) in [5.74, 6) is 0.0732. The Kier molecular flexibility index (Phi) is 6.58. The van der Waals surface area contributed by atoms with E-state index in [2.05, 4.69) is 0 Å². The predicted octanol–water partition coefficient (Wildman–Crippen LogP) is 5.88. The van der Waals surface area contributed by atoms with Crippen LogP contribution in [-0.4, -0.2) is 24.3 Å². The third kappa shape index (κ3) is 4.69. The SMILES string of the molecule is CN(C)c1ccc(N2C(=O)/C(=C\c3ccccc3OCc3ccccc3F)SC2=S)cc1. The molecule has 1 fully saturated rings. The molecule has 1 saturated heterocycles. The van der Waals surface area contributed by atoms with Crippen LogP contribution in [0.5, 0.6) is 5.75 Å². The summed E-state index contributed by atoms with van der Waals surface area (Å²) < 4.78 is 20.3. The van der Waals surface area contributed by atoms with Crippen LogP contribution in [0.15, 0.2) is 77.7 Å². The van der Waals surface area contributed by atoms with Gasteiger partial charge in [0.1, 0.15) is 18.2 Å². The van der Waals surface area contributed by atoms with Crippen LogP contribution in [-0.2, 0) is 11.4 Å². The summed E-state index contributed by atoms with van der Waals surface area (Å²) in [5, 5.41) is 0. The monoisotopic (exact) mass is 464 g/mol. The van der Waals surface area contributed by atoms with E-state index in [0.717, 1.165) is 16.9 Å². The fraction of sp³-hybridized carbons (Fsp3) is 0.120. The summed E-state index contributed by atoms with van der Waals surface area (Å²) in [7, 11) is 3.92. The first-order valence-electron chi connectivity index (χ1n) is 9.94. The van der Waals surface area contributed by atoms with Crippen LogP contribution in [0.2, 0.25) is 0 Å². The molecule has 32 heavy (non-hydrogen) atoms. The number of anilines is 2. The summed E-state index contributed by atoms with van der Waals surface area (Å²) in [6, 6.07) is 21.5. The summed E-state index contributed by atoms with van der Waals surface area (Å²) in [4.78, 5) is 17.2. The first-order chi connectivity index (χ1) is 15.4. The lowest BCUT2D eigenvalue weighted by Crippen LogP contribution is -2.27.